The zero-order chi connectivity index (χ0) is 17.8. The Morgan fingerprint density at radius 2 is 2.04 bits per heavy atom. The molecule has 128 valence electrons. The summed E-state index contributed by atoms with van der Waals surface area (Å²) in [6, 6.07) is 12.4. The van der Waals surface area contributed by atoms with E-state index in [4.69, 9.17) is 16.3 Å². The normalized spacial score (nSPS) is 10.8. The van der Waals surface area contributed by atoms with Crippen LogP contribution in [0.5, 0.6) is 0 Å². The van der Waals surface area contributed by atoms with E-state index >= 15 is 0 Å². The van der Waals surface area contributed by atoms with Gasteiger partial charge < -0.3 is 4.74 Å². The molecule has 2 heterocycles. The van der Waals surface area contributed by atoms with Gasteiger partial charge >= 0.3 is 5.97 Å². The molecule has 0 unspecified atom stereocenters. The number of halogens is 1. The van der Waals surface area contributed by atoms with Crippen molar-refractivity contribution in [1.82, 2.24) is 9.38 Å². The number of aromatic nitrogens is 2. The molecular formula is C19H17ClN2O3. The van der Waals surface area contributed by atoms with Crippen molar-refractivity contribution in [2.75, 3.05) is 0 Å². The summed E-state index contributed by atoms with van der Waals surface area (Å²) in [5.41, 5.74) is 2.63. The van der Waals surface area contributed by atoms with Gasteiger partial charge in [0.25, 0.3) is 5.56 Å². The van der Waals surface area contributed by atoms with Crippen LogP contribution in [0, 0.1) is 6.92 Å². The smallest absolute Gasteiger partial charge is 0.306 e. The van der Waals surface area contributed by atoms with E-state index in [1.165, 1.54) is 10.5 Å². The second-order valence-corrected chi connectivity index (χ2v) is 6.18. The van der Waals surface area contributed by atoms with Crippen LogP contribution in [-0.4, -0.2) is 15.4 Å². The summed E-state index contributed by atoms with van der Waals surface area (Å²) >= 11 is 6.07. The Hall–Kier alpha value is -2.66. The number of pyridine rings is 1. The van der Waals surface area contributed by atoms with Crippen LogP contribution in [0.4, 0.5) is 0 Å². The SMILES string of the molecule is Cc1ccc2nc(COC(=O)CCc3ccccc3Cl)cc(=O)n2c1. The van der Waals surface area contributed by atoms with Gasteiger partial charge in [-0.2, -0.15) is 0 Å². The number of carbonyl (C=O) groups excluding carboxylic acids is 1. The van der Waals surface area contributed by atoms with Crippen LogP contribution in [0.15, 0.2) is 53.5 Å². The summed E-state index contributed by atoms with van der Waals surface area (Å²) in [5, 5.41) is 0.634. The zero-order valence-corrected chi connectivity index (χ0v) is 14.5. The molecule has 0 radical (unpaired) electrons. The second kappa shape index (κ2) is 7.49. The van der Waals surface area contributed by atoms with Gasteiger partial charge in [0, 0.05) is 23.7 Å². The Morgan fingerprint density at radius 1 is 1.24 bits per heavy atom. The lowest BCUT2D eigenvalue weighted by atomic mass is 10.1. The first-order valence-electron chi connectivity index (χ1n) is 7.91. The van der Waals surface area contributed by atoms with Gasteiger partial charge in [-0.1, -0.05) is 35.9 Å². The van der Waals surface area contributed by atoms with Crippen molar-refractivity contribution in [2.24, 2.45) is 0 Å². The largest absolute Gasteiger partial charge is 0.459 e. The second-order valence-electron chi connectivity index (χ2n) is 5.77. The predicted octanol–water partition coefficient (Wildman–Crippen LogP) is 3.33. The number of carbonyl (C=O) groups is 1. The molecule has 0 aliphatic heterocycles. The zero-order valence-electron chi connectivity index (χ0n) is 13.7. The first-order chi connectivity index (χ1) is 12.0. The molecular weight excluding hydrogens is 340 g/mol. The number of benzene rings is 1. The molecule has 0 aliphatic rings. The molecule has 1 aromatic carbocycles. The van der Waals surface area contributed by atoms with Crippen LogP contribution in [0.1, 0.15) is 23.2 Å². The van der Waals surface area contributed by atoms with Gasteiger partial charge in [-0.15, -0.1) is 0 Å². The van der Waals surface area contributed by atoms with Crippen LogP contribution in [0.25, 0.3) is 5.65 Å². The minimum absolute atomic E-state index is 0.0268. The summed E-state index contributed by atoms with van der Waals surface area (Å²) in [6.07, 6.45) is 2.45. The van der Waals surface area contributed by atoms with Crippen LogP contribution in [-0.2, 0) is 22.6 Å². The van der Waals surface area contributed by atoms with Gasteiger partial charge in [0.1, 0.15) is 12.3 Å². The fraction of sp³-hybridized carbons (Fsp3) is 0.211. The Kier molecular flexibility index (Phi) is 5.14. The summed E-state index contributed by atoms with van der Waals surface area (Å²) in [5.74, 6) is -0.356. The number of ether oxygens (including phenoxy) is 1. The summed E-state index contributed by atoms with van der Waals surface area (Å²) in [7, 11) is 0. The number of nitrogens with zero attached hydrogens (tertiary/aromatic N) is 2. The third-order valence-corrected chi connectivity index (χ3v) is 4.17. The van der Waals surface area contributed by atoms with Gasteiger partial charge in [0.2, 0.25) is 0 Å². The first kappa shape index (κ1) is 17.2. The molecule has 25 heavy (non-hydrogen) atoms. The number of rotatable bonds is 5. The maximum absolute atomic E-state index is 12.1. The average molecular weight is 357 g/mol. The summed E-state index contributed by atoms with van der Waals surface area (Å²) in [6.45, 7) is 1.88. The van der Waals surface area contributed by atoms with Gasteiger partial charge in [-0.05, 0) is 36.6 Å². The Labute approximate surface area is 149 Å². The third-order valence-electron chi connectivity index (χ3n) is 3.80. The Morgan fingerprint density at radius 3 is 2.84 bits per heavy atom. The van der Waals surface area contributed by atoms with E-state index in [0.29, 0.717) is 22.8 Å². The molecule has 0 bridgehead atoms. The van der Waals surface area contributed by atoms with Crippen molar-refractivity contribution < 1.29 is 9.53 Å². The minimum atomic E-state index is -0.356. The highest BCUT2D eigenvalue weighted by Crippen LogP contribution is 2.16. The fourth-order valence-corrected chi connectivity index (χ4v) is 2.73. The molecule has 0 aliphatic carbocycles. The lowest BCUT2D eigenvalue weighted by Gasteiger charge is -2.07. The number of hydrogen-bond donors (Lipinski definition) is 0. The van der Waals surface area contributed by atoms with Gasteiger partial charge in [0.05, 0.1) is 5.69 Å². The first-order valence-corrected chi connectivity index (χ1v) is 8.29. The minimum Gasteiger partial charge on any atom is -0.459 e. The molecule has 5 nitrogen and oxygen atoms in total. The molecule has 0 atom stereocenters. The van der Waals surface area contributed by atoms with E-state index in [1.807, 2.05) is 31.2 Å². The van der Waals surface area contributed by atoms with Crippen LogP contribution >= 0.6 is 11.6 Å². The van der Waals surface area contributed by atoms with Crippen molar-refractivity contribution >= 4 is 23.2 Å². The maximum Gasteiger partial charge on any atom is 0.306 e. The molecule has 0 fully saturated rings. The molecule has 3 aromatic rings. The predicted molar refractivity (Wildman–Crippen MR) is 95.8 cm³/mol. The monoisotopic (exact) mass is 356 g/mol. The molecule has 0 spiro atoms. The topological polar surface area (TPSA) is 60.7 Å². The molecule has 2 aromatic heterocycles. The van der Waals surface area contributed by atoms with Gasteiger partial charge in [0.15, 0.2) is 0 Å². The van der Waals surface area contributed by atoms with Crippen molar-refractivity contribution in [3.63, 3.8) is 0 Å². The molecule has 0 N–H and O–H groups in total. The highest BCUT2D eigenvalue weighted by Gasteiger charge is 2.08. The highest BCUT2D eigenvalue weighted by molar-refractivity contribution is 6.31. The van der Waals surface area contributed by atoms with Crippen molar-refractivity contribution in [3.05, 3.63) is 80.9 Å². The van der Waals surface area contributed by atoms with E-state index < -0.39 is 0 Å². The molecule has 6 heteroatoms. The van der Waals surface area contributed by atoms with Crippen LogP contribution < -0.4 is 5.56 Å². The maximum atomic E-state index is 12.1. The molecule has 3 rings (SSSR count). The van der Waals surface area contributed by atoms with Crippen LogP contribution in [0.3, 0.4) is 0 Å². The van der Waals surface area contributed by atoms with E-state index in [0.717, 1.165) is 11.1 Å². The standard InChI is InChI=1S/C19H17ClN2O3/c1-13-6-8-17-21-15(10-18(23)22(17)11-13)12-25-19(24)9-7-14-4-2-3-5-16(14)20/h2-6,8,10-11H,7,9,12H2,1H3. The van der Waals surface area contributed by atoms with E-state index in [-0.39, 0.29) is 24.6 Å². The Balaban J connectivity index is 1.62. The quantitative estimate of drug-likeness (QED) is 0.658. The lowest BCUT2D eigenvalue weighted by Crippen LogP contribution is -2.17. The van der Waals surface area contributed by atoms with Crippen molar-refractivity contribution in [2.45, 2.75) is 26.4 Å². The van der Waals surface area contributed by atoms with E-state index in [1.54, 1.807) is 18.3 Å². The molecule has 0 saturated carbocycles. The number of aryl methyl sites for hydroxylation is 2. The molecule has 0 amide bonds. The highest BCUT2D eigenvalue weighted by atomic mass is 35.5. The summed E-state index contributed by atoms with van der Waals surface area (Å²) in [4.78, 5) is 28.4. The van der Waals surface area contributed by atoms with E-state index in [9.17, 15) is 9.59 Å². The van der Waals surface area contributed by atoms with Gasteiger partial charge in [-0.3, -0.25) is 14.0 Å². The average Bonchev–Trinajstić information content (AvgIpc) is 2.60. The Bertz CT molecular complexity index is 982. The fourth-order valence-electron chi connectivity index (χ4n) is 2.50. The number of fused-ring (bicyclic) bond motifs is 1. The van der Waals surface area contributed by atoms with Crippen molar-refractivity contribution in [1.29, 1.82) is 0 Å². The lowest BCUT2D eigenvalue weighted by molar-refractivity contribution is -0.145. The van der Waals surface area contributed by atoms with Crippen molar-refractivity contribution in [3.8, 4) is 0 Å². The number of hydrogen-bond acceptors (Lipinski definition) is 4. The number of esters is 1. The van der Waals surface area contributed by atoms with Crippen LogP contribution in [0.2, 0.25) is 5.02 Å². The molecule has 0 saturated heterocycles. The van der Waals surface area contributed by atoms with Gasteiger partial charge in [-0.25, -0.2) is 4.98 Å². The third kappa shape index (κ3) is 4.25. The van der Waals surface area contributed by atoms with E-state index in [2.05, 4.69) is 4.98 Å². The summed E-state index contributed by atoms with van der Waals surface area (Å²) < 4.78 is 6.69.